The molecule has 0 spiro atoms. The number of hydrazine groups is 1. The van der Waals surface area contributed by atoms with Crippen LogP contribution in [0.3, 0.4) is 0 Å². The lowest BCUT2D eigenvalue weighted by molar-refractivity contribution is 0.00994. The highest BCUT2D eigenvalue weighted by molar-refractivity contribution is 6.24. The van der Waals surface area contributed by atoms with Crippen molar-refractivity contribution in [1.82, 2.24) is 39.7 Å². The van der Waals surface area contributed by atoms with Gasteiger partial charge in [0.15, 0.2) is 0 Å². The van der Waals surface area contributed by atoms with Crippen LogP contribution < -0.4 is 11.6 Å². The van der Waals surface area contributed by atoms with Crippen LogP contribution in [0.15, 0.2) is 60.5 Å². The summed E-state index contributed by atoms with van der Waals surface area (Å²) in [5.41, 5.74) is 13.0. The summed E-state index contributed by atoms with van der Waals surface area (Å²) in [6, 6.07) is 6.54. The highest BCUT2D eigenvalue weighted by Crippen LogP contribution is 2.46. The number of fused-ring (bicyclic) bond motifs is 2. The molecule has 10 nitrogen and oxygen atoms in total. The zero-order chi connectivity index (χ0) is 33.0. The predicted molar refractivity (Wildman–Crippen MR) is 177 cm³/mol. The summed E-state index contributed by atoms with van der Waals surface area (Å²) in [6.07, 6.45) is 5.77. The summed E-state index contributed by atoms with van der Waals surface area (Å²) in [5.74, 6) is 6.65. The largest absolute Gasteiger partial charge is 0.396 e. The van der Waals surface area contributed by atoms with Crippen LogP contribution in [0.25, 0.3) is 28.2 Å². The second kappa shape index (κ2) is 12.2. The SMILES string of the molecule is C=C(N(N)/C=C(\N)C(F)F)N1CC(CC(C)n2nc(-c3ccc4c(cnn4C)c3)c(C3c4cn[nH]c4C=C(C)C3Cl)c2C)C1CC. The van der Waals surface area contributed by atoms with Crippen molar-refractivity contribution < 1.29 is 8.78 Å². The maximum absolute atomic E-state index is 13.0. The molecule has 4 heterocycles. The molecule has 5 atom stereocenters. The number of likely N-dealkylation sites (tertiary alicyclic amines) is 1. The van der Waals surface area contributed by atoms with Crippen LogP contribution >= 0.6 is 11.6 Å². The Hall–Kier alpha value is -4.16. The second-order valence-corrected chi connectivity index (χ2v) is 13.0. The first-order valence-corrected chi connectivity index (χ1v) is 16.0. The van der Waals surface area contributed by atoms with Crippen molar-refractivity contribution >= 4 is 28.6 Å². The number of aromatic amines is 1. The highest BCUT2D eigenvalue weighted by Gasteiger charge is 2.41. The van der Waals surface area contributed by atoms with Gasteiger partial charge >= 0.3 is 0 Å². The lowest BCUT2D eigenvalue weighted by atomic mass is 9.80. The standard InChI is InChI=1S/C33H41ClF2N10/c1-7-27-23(15-44(27)20(5)45(38)16-25(37)33(35)36)11-18(3)46-19(4)29(30-24-14-39-41-26(24)10-17(2)31(30)34)32(42-46)21-8-9-28-22(12-21)13-40-43(28)6/h8-10,12-14,16,18,23,27,30-31,33H,5,7,11,15,37-38H2,1-4,6H3,(H,39,41)/b25-16-. The van der Waals surface area contributed by atoms with Crippen molar-refractivity contribution in [1.29, 1.82) is 0 Å². The van der Waals surface area contributed by atoms with E-state index in [2.05, 4.69) is 83.4 Å². The molecule has 5 N–H and O–H groups in total. The van der Waals surface area contributed by atoms with Crippen molar-refractivity contribution in [3.8, 4) is 11.3 Å². The van der Waals surface area contributed by atoms with Gasteiger partial charge in [-0.1, -0.05) is 25.1 Å². The third-order valence-corrected chi connectivity index (χ3v) is 10.3. The van der Waals surface area contributed by atoms with Crippen molar-refractivity contribution in [2.75, 3.05) is 6.54 Å². The molecule has 6 rings (SSSR count). The van der Waals surface area contributed by atoms with Gasteiger partial charge in [-0.25, -0.2) is 14.6 Å². The molecule has 4 aromatic rings. The number of halogens is 3. The Morgan fingerprint density at radius 2 is 2.04 bits per heavy atom. The van der Waals surface area contributed by atoms with E-state index in [-0.39, 0.29) is 23.4 Å². The third kappa shape index (κ3) is 5.37. The summed E-state index contributed by atoms with van der Waals surface area (Å²) < 4.78 is 29.9. The molecule has 0 radical (unpaired) electrons. The number of alkyl halides is 3. The topological polar surface area (TPSA) is 123 Å². The molecule has 0 amide bonds. The van der Waals surface area contributed by atoms with E-state index >= 15 is 0 Å². The van der Waals surface area contributed by atoms with Crippen LogP contribution in [0.5, 0.6) is 0 Å². The van der Waals surface area contributed by atoms with E-state index in [4.69, 9.17) is 28.3 Å². The Bertz CT molecular complexity index is 1830. The fourth-order valence-corrected chi connectivity index (χ4v) is 7.57. The van der Waals surface area contributed by atoms with Gasteiger partial charge in [0.05, 0.1) is 40.4 Å². The lowest BCUT2D eigenvalue weighted by Gasteiger charge is -2.52. The normalized spacial score (nSPS) is 22.2. The van der Waals surface area contributed by atoms with E-state index in [0.29, 0.717) is 18.3 Å². The first-order chi connectivity index (χ1) is 21.9. The third-order valence-electron chi connectivity index (χ3n) is 9.69. The first kappa shape index (κ1) is 31.8. The Morgan fingerprint density at radius 1 is 1.28 bits per heavy atom. The molecule has 0 bridgehead atoms. The van der Waals surface area contributed by atoms with Gasteiger partial charge in [0.25, 0.3) is 6.43 Å². The van der Waals surface area contributed by atoms with Gasteiger partial charge in [0.1, 0.15) is 5.82 Å². The lowest BCUT2D eigenvalue weighted by Crippen LogP contribution is -2.58. The van der Waals surface area contributed by atoms with Gasteiger partial charge in [0, 0.05) is 65.6 Å². The van der Waals surface area contributed by atoms with Crippen LogP contribution in [0.1, 0.15) is 68.1 Å². The second-order valence-electron chi connectivity index (χ2n) is 12.6. The number of hydrogen-bond donors (Lipinski definition) is 3. The summed E-state index contributed by atoms with van der Waals surface area (Å²) in [5, 5.41) is 19.1. The van der Waals surface area contributed by atoms with Gasteiger partial charge < -0.3 is 10.6 Å². The number of H-pyrrole nitrogens is 1. The highest BCUT2D eigenvalue weighted by atomic mass is 35.5. The number of nitrogens with two attached hydrogens (primary N) is 2. The zero-order valence-electron chi connectivity index (χ0n) is 26.8. The average Bonchev–Trinajstić information content (AvgIpc) is 3.72. The average molecular weight is 651 g/mol. The molecular weight excluding hydrogens is 610 g/mol. The Kier molecular flexibility index (Phi) is 8.45. The van der Waals surface area contributed by atoms with E-state index in [9.17, 15) is 8.78 Å². The van der Waals surface area contributed by atoms with Gasteiger partial charge in [0.2, 0.25) is 0 Å². The number of benzene rings is 1. The smallest absolute Gasteiger partial charge is 0.279 e. The van der Waals surface area contributed by atoms with E-state index in [1.807, 2.05) is 24.1 Å². The number of nitrogens with zero attached hydrogens (tertiary/aromatic N) is 7. The van der Waals surface area contributed by atoms with Gasteiger partial charge in [-0.2, -0.15) is 15.3 Å². The zero-order valence-corrected chi connectivity index (χ0v) is 27.5. The summed E-state index contributed by atoms with van der Waals surface area (Å²) >= 11 is 7.20. The first-order valence-electron chi connectivity index (χ1n) is 15.5. The molecule has 244 valence electrons. The van der Waals surface area contributed by atoms with Crippen molar-refractivity contribution in [3.05, 3.63) is 83.0 Å². The molecule has 2 aliphatic rings. The van der Waals surface area contributed by atoms with E-state index in [1.165, 1.54) is 0 Å². The number of nitrogens with one attached hydrogen (secondary N) is 1. The van der Waals surface area contributed by atoms with Crippen LogP contribution in [-0.2, 0) is 7.05 Å². The van der Waals surface area contributed by atoms with Crippen molar-refractivity contribution in [2.24, 2.45) is 24.5 Å². The monoisotopic (exact) mass is 650 g/mol. The molecule has 5 unspecified atom stereocenters. The molecule has 1 fully saturated rings. The predicted octanol–water partition coefficient (Wildman–Crippen LogP) is 6.00. The van der Waals surface area contributed by atoms with Gasteiger partial charge in [-0.05, 0) is 57.7 Å². The molecular formula is C33H41ClF2N10. The van der Waals surface area contributed by atoms with Crippen LogP contribution in [0.2, 0.25) is 0 Å². The summed E-state index contributed by atoms with van der Waals surface area (Å²) in [7, 11) is 1.94. The molecule has 1 aliphatic carbocycles. The number of aromatic nitrogens is 6. The van der Waals surface area contributed by atoms with E-state index in [1.54, 1.807) is 0 Å². The molecule has 1 aromatic carbocycles. The van der Waals surface area contributed by atoms with Gasteiger partial charge in [-0.15, -0.1) is 11.6 Å². The maximum atomic E-state index is 13.0. The maximum Gasteiger partial charge on any atom is 0.279 e. The summed E-state index contributed by atoms with van der Waals surface area (Å²) in [4.78, 5) is 2.05. The van der Waals surface area contributed by atoms with Crippen LogP contribution in [-0.4, -0.2) is 64.1 Å². The Balaban J connectivity index is 1.33. The minimum atomic E-state index is -2.79. The van der Waals surface area contributed by atoms with E-state index in [0.717, 1.165) is 74.3 Å². The van der Waals surface area contributed by atoms with Gasteiger partial charge in [-0.3, -0.25) is 19.5 Å². The quantitative estimate of drug-likeness (QED) is 0.109. The minimum absolute atomic E-state index is 0.0604. The minimum Gasteiger partial charge on any atom is -0.396 e. The molecule has 46 heavy (non-hydrogen) atoms. The molecule has 0 saturated carbocycles. The van der Waals surface area contributed by atoms with Crippen LogP contribution in [0, 0.1) is 12.8 Å². The molecule has 3 aromatic heterocycles. The van der Waals surface area contributed by atoms with Crippen LogP contribution in [0.4, 0.5) is 8.78 Å². The fraction of sp³-hybridized carbons (Fsp3) is 0.424. The van der Waals surface area contributed by atoms with Crippen molar-refractivity contribution in [2.45, 2.75) is 70.3 Å². The fourth-order valence-electron chi connectivity index (χ4n) is 7.24. The number of rotatable bonds is 10. The number of hydrogen-bond acceptors (Lipinski definition) is 7. The molecule has 1 saturated heterocycles. The molecule has 13 heteroatoms. The van der Waals surface area contributed by atoms with Crippen molar-refractivity contribution in [3.63, 3.8) is 0 Å². The number of aryl methyl sites for hydroxylation is 1. The van der Waals surface area contributed by atoms with E-state index < -0.39 is 12.1 Å². The Labute approximate surface area is 272 Å². The Morgan fingerprint density at radius 3 is 2.76 bits per heavy atom. The number of allylic oxidation sites excluding steroid dienone is 2. The molecule has 1 aliphatic heterocycles. The summed E-state index contributed by atoms with van der Waals surface area (Å²) in [6.45, 7) is 13.2.